The zero-order chi connectivity index (χ0) is 15.5. The molecule has 0 fully saturated rings. The van der Waals surface area contributed by atoms with Crippen LogP contribution >= 0.6 is 0 Å². The molecule has 2 aromatic rings. The highest BCUT2D eigenvalue weighted by Gasteiger charge is 2.24. The number of hydrogen-bond donors (Lipinski definition) is 0. The predicted octanol–water partition coefficient (Wildman–Crippen LogP) is 2.67. The summed E-state index contributed by atoms with van der Waals surface area (Å²) >= 11 is 0. The van der Waals surface area contributed by atoms with Crippen LogP contribution in [-0.4, -0.2) is 23.0 Å². The monoisotopic (exact) mass is 307 g/mol. The summed E-state index contributed by atoms with van der Waals surface area (Å²) < 4.78 is 27.1. The van der Waals surface area contributed by atoms with Crippen LogP contribution < -0.4 is 0 Å². The van der Waals surface area contributed by atoms with E-state index in [4.69, 9.17) is 0 Å². The van der Waals surface area contributed by atoms with Gasteiger partial charge in [-0.2, -0.15) is 0 Å². The largest absolute Gasteiger partial charge is 0.319 e. The molecule has 114 valence electrons. The van der Waals surface area contributed by atoms with Crippen molar-refractivity contribution < 1.29 is 8.42 Å². The van der Waals surface area contributed by atoms with Crippen molar-refractivity contribution in [2.75, 3.05) is 0 Å². The molecule has 0 N–H and O–H groups in total. The zero-order valence-electron chi connectivity index (χ0n) is 12.7. The van der Waals surface area contributed by atoms with Crippen LogP contribution in [0.3, 0.4) is 0 Å². The summed E-state index contributed by atoms with van der Waals surface area (Å²) in [6, 6.07) is 3.44. The van der Waals surface area contributed by atoms with Crippen LogP contribution in [0.25, 0.3) is 0 Å². The highest BCUT2D eigenvalue weighted by Crippen LogP contribution is 2.20. The van der Waals surface area contributed by atoms with E-state index in [1.165, 1.54) is 0 Å². The van der Waals surface area contributed by atoms with Gasteiger partial charge in [-0.05, 0) is 38.0 Å². The van der Waals surface area contributed by atoms with Crippen LogP contribution in [0, 0.1) is 13.8 Å². The number of aryl methyl sites for hydroxylation is 1. The molecule has 0 aliphatic rings. The quantitative estimate of drug-likeness (QED) is 0.823. The second-order valence-corrected chi connectivity index (χ2v) is 7.07. The van der Waals surface area contributed by atoms with Crippen LogP contribution in [0.15, 0.2) is 29.7 Å². The molecule has 2 aromatic heterocycles. The first-order valence-electron chi connectivity index (χ1n) is 7.11. The first-order valence-corrected chi connectivity index (χ1v) is 8.76. The van der Waals surface area contributed by atoms with E-state index < -0.39 is 9.84 Å². The zero-order valence-corrected chi connectivity index (χ0v) is 13.5. The Morgan fingerprint density at radius 3 is 2.48 bits per heavy atom. The summed E-state index contributed by atoms with van der Waals surface area (Å²) in [4.78, 5) is 8.20. The Labute approximate surface area is 126 Å². The highest BCUT2D eigenvalue weighted by atomic mass is 32.2. The molecule has 2 heterocycles. The average molecular weight is 307 g/mol. The number of pyridine rings is 1. The topological polar surface area (TPSA) is 64.8 Å². The lowest BCUT2D eigenvalue weighted by atomic mass is 10.3. The van der Waals surface area contributed by atoms with E-state index in [9.17, 15) is 8.42 Å². The number of rotatable bonds is 6. The number of hydrogen-bond acceptors (Lipinski definition) is 4. The Balaban J connectivity index is 2.38. The summed E-state index contributed by atoms with van der Waals surface area (Å²) in [5.41, 5.74) is 2.43. The van der Waals surface area contributed by atoms with E-state index in [0.29, 0.717) is 6.54 Å². The first-order chi connectivity index (χ1) is 9.95. The van der Waals surface area contributed by atoms with Gasteiger partial charge in [0.1, 0.15) is 0 Å². The maximum absolute atomic E-state index is 12.6. The number of sulfone groups is 1. The van der Waals surface area contributed by atoms with E-state index in [1.54, 1.807) is 24.5 Å². The van der Waals surface area contributed by atoms with Crippen LogP contribution in [0.5, 0.6) is 0 Å². The molecule has 0 unspecified atom stereocenters. The Bertz CT molecular complexity index is 706. The van der Waals surface area contributed by atoms with E-state index in [0.717, 1.165) is 29.8 Å². The minimum absolute atomic E-state index is 0.0441. The fraction of sp³-hybridized carbons (Fsp3) is 0.467. The third-order valence-electron chi connectivity index (χ3n) is 3.54. The lowest BCUT2D eigenvalue weighted by Crippen LogP contribution is -2.14. The average Bonchev–Trinajstić information content (AvgIpc) is 2.74. The van der Waals surface area contributed by atoms with Crippen LogP contribution in [0.4, 0.5) is 0 Å². The molecule has 0 radical (unpaired) electrons. The number of nitrogens with zero attached hydrogens (tertiary/aromatic N) is 3. The molecule has 21 heavy (non-hydrogen) atoms. The minimum Gasteiger partial charge on any atom is -0.319 e. The summed E-state index contributed by atoms with van der Waals surface area (Å²) in [7, 11) is -3.45. The van der Waals surface area contributed by atoms with Crippen LogP contribution in [0.1, 0.15) is 36.7 Å². The van der Waals surface area contributed by atoms with Gasteiger partial charge in [0.25, 0.3) is 0 Å². The van der Waals surface area contributed by atoms with Crippen LogP contribution in [0.2, 0.25) is 0 Å². The number of unbranched alkanes of at least 4 members (excludes halogenated alkanes) is 1. The van der Waals surface area contributed by atoms with Crippen LogP contribution in [-0.2, 0) is 22.1 Å². The van der Waals surface area contributed by atoms with Crippen molar-refractivity contribution in [1.82, 2.24) is 14.5 Å². The molecular formula is C15H21N3O2S. The van der Waals surface area contributed by atoms with Gasteiger partial charge in [0, 0.05) is 24.6 Å². The van der Waals surface area contributed by atoms with E-state index >= 15 is 0 Å². The Kier molecular flexibility index (Phi) is 4.77. The second kappa shape index (κ2) is 6.39. The minimum atomic E-state index is -3.45. The van der Waals surface area contributed by atoms with Crippen molar-refractivity contribution in [3.63, 3.8) is 0 Å². The first kappa shape index (κ1) is 15.7. The standard InChI is InChI=1S/C15H21N3O2S/c1-4-5-10-18-13(3)12(2)17-15(18)21(19,20)11-14-6-8-16-9-7-14/h6-9H,4-5,10-11H2,1-3H3. The maximum Gasteiger partial charge on any atom is 0.228 e. The normalized spacial score (nSPS) is 11.8. The molecule has 0 aliphatic heterocycles. The van der Waals surface area contributed by atoms with Gasteiger partial charge in [-0.3, -0.25) is 4.98 Å². The molecule has 0 amide bonds. The van der Waals surface area contributed by atoms with Gasteiger partial charge in [0.15, 0.2) is 0 Å². The van der Waals surface area contributed by atoms with Crippen molar-refractivity contribution in [2.45, 2.75) is 51.1 Å². The highest BCUT2D eigenvalue weighted by molar-refractivity contribution is 7.90. The smallest absolute Gasteiger partial charge is 0.228 e. The molecule has 0 atom stereocenters. The lowest BCUT2D eigenvalue weighted by Gasteiger charge is -2.10. The van der Waals surface area contributed by atoms with Gasteiger partial charge in [0.05, 0.1) is 11.4 Å². The maximum atomic E-state index is 12.6. The van der Waals surface area contributed by atoms with Crippen molar-refractivity contribution >= 4 is 9.84 Å². The van der Waals surface area contributed by atoms with Crippen molar-refractivity contribution in [3.05, 3.63) is 41.5 Å². The Hall–Kier alpha value is -1.69. The van der Waals surface area contributed by atoms with Gasteiger partial charge in [-0.1, -0.05) is 13.3 Å². The fourth-order valence-electron chi connectivity index (χ4n) is 2.20. The SMILES string of the molecule is CCCCn1c(S(=O)(=O)Cc2ccncc2)nc(C)c1C. The molecule has 5 nitrogen and oxygen atoms in total. The Morgan fingerprint density at radius 1 is 1.19 bits per heavy atom. The van der Waals surface area contributed by atoms with Gasteiger partial charge < -0.3 is 4.57 Å². The summed E-state index contributed by atoms with van der Waals surface area (Å²) in [6.07, 6.45) is 5.16. The number of imidazole rings is 1. The lowest BCUT2D eigenvalue weighted by molar-refractivity contribution is 0.538. The van der Waals surface area contributed by atoms with Gasteiger partial charge >= 0.3 is 0 Å². The molecule has 0 aliphatic carbocycles. The summed E-state index contributed by atoms with van der Waals surface area (Å²) in [5.74, 6) is -0.0441. The summed E-state index contributed by atoms with van der Waals surface area (Å²) in [6.45, 7) is 6.55. The van der Waals surface area contributed by atoms with Gasteiger partial charge in [-0.15, -0.1) is 0 Å². The third-order valence-corrected chi connectivity index (χ3v) is 5.12. The Morgan fingerprint density at radius 2 is 1.86 bits per heavy atom. The van der Waals surface area contributed by atoms with E-state index in [-0.39, 0.29) is 10.9 Å². The molecule has 6 heteroatoms. The fourth-order valence-corrected chi connectivity index (χ4v) is 3.80. The van der Waals surface area contributed by atoms with E-state index in [2.05, 4.69) is 16.9 Å². The molecular weight excluding hydrogens is 286 g/mol. The third kappa shape index (κ3) is 3.50. The summed E-state index contributed by atoms with van der Waals surface area (Å²) in [5, 5.41) is 0.183. The molecule has 2 rings (SSSR count). The number of aromatic nitrogens is 3. The molecule has 0 spiro atoms. The molecule has 0 saturated heterocycles. The van der Waals surface area contributed by atoms with Crippen molar-refractivity contribution in [1.29, 1.82) is 0 Å². The van der Waals surface area contributed by atoms with E-state index in [1.807, 2.05) is 18.4 Å². The second-order valence-electron chi connectivity index (χ2n) is 5.18. The van der Waals surface area contributed by atoms with Gasteiger partial charge in [-0.25, -0.2) is 13.4 Å². The molecule has 0 saturated carbocycles. The van der Waals surface area contributed by atoms with Crippen molar-refractivity contribution in [2.24, 2.45) is 0 Å². The van der Waals surface area contributed by atoms with Gasteiger partial charge in [0.2, 0.25) is 15.0 Å². The predicted molar refractivity (Wildman–Crippen MR) is 81.7 cm³/mol. The molecule has 0 bridgehead atoms. The molecule has 0 aromatic carbocycles. The van der Waals surface area contributed by atoms with Crippen molar-refractivity contribution in [3.8, 4) is 0 Å².